The monoisotopic (exact) mass is 196 g/mol. The van der Waals surface area contributed by atoms with E-state index >= 15 is 0 Å². The Kier molecular flexibility index (Phi) is 2.47. The Morgan fingerprint density at radius 3 is 2.69 bits per heavy atom. The summed E-state index contributed by atoms with van der Waals surface area (Å²) in [5, 5.41) is -0.0603. The van der Waals surface area contributed by atoms with Gasteiger partial charge in [-0.15, -0.1) is 0 Å². The second-order valence-electron chi connectivity index (χ2n) is 3.41. The van der Waals surface area contributed by atoms with Gasteiger partial charge in [0, 0.05) is 0 Å². The Balaban J connectivity index is 2.24. The predicted octanol–water partition coefficient (Wildman–Crippen LogP) is 1.77. The third-order valence-electron chi connectivity index (χ3n) is 2.59. The maximum Gasteiger partial charge on any atom is 0.156 e. The van der Waals surface area contributed by atoms with Gasteiger partial charge in [-0.25, -0.2) is 4.21 Å². The van der Waals surface area contributed by atoms with Crippen LogP contribution in [0.15, 0.2) is 24.3 Å². The van der Waals surface area contributed by atoms with Crippen molar-refractivity contribution in [2.75, 3.05) is 0 Å². The van der Waals surface area contributed by atoms with Gasteiger partial charge in [-0.05, 0) is 30.4 Å². The molecule has 0 amide bonds. The second kappa shape index (κ2) is 3.60. The molecule has 0 saturated heterocycles. The molecule has 0 heterocycles. The Morgan fingerprint density at radius 2 is 2.00 bits per heavy atom. The molecule has 0 bridgehead atoms. The van der Waals surface area contributed by atoms with Crippen LogP contribution < -0.4 is 0 Å². The summed E-state index contributed by atoms with van der Waals surface area (Å²) in [6, 6.07) is 8.16. The molecule has 0 spiro atoms. The van der Waals surface area contributed by atoms with Crippen molar-refractivity contribution < 1.29 is 8.76 Å². The molecule has 2 atom stereocenters. The number of rotatable bonds is 1. The zero-order valence-corrected chi connectivity index (χ0v) is 8.09. The highest BCUT2D eigenvalue weighted by atomic mass is 32.2. The lowest BCUT2D eigenvalue weighted by Crippen LogP contribution is -2.23. The molecule has 13 heavy (non-hydrogen) atoms. The number of benzene rings is 1. The Bertz CT molecular complexity index is 335. The van der Waals surface area contributed by atoms with E-state index in [-0.39, 0.29) is 5.25 Å². The largest absolute Gasteiger partial charge is 0.306 e. The fraction of sp³-hybridized carbons (Fsp3) is 0.400. The fourth-order valence-corrected chi connectivity index (χ4v) is 2.48. The van der Waals surface area contributed by atoms with Crippen molar-refractivity contribution in [2.45, 2.75) is 24.5 Å². The van der Waals surface area contributed by atoms with Crippen molar-refractivity contribution in [1.29, 1.82) is 0 Å². The van der Waals surface area contributed by atoms with Crippen LogP contribution in [0.25, 0.3) is 0 Å². The first-order valence-electron chi connectivity index (χ1n) is 4.44. The third kappa shape index (κ3) is 1.81. The maximum absolute atomic E-state index is 10.9. The summed E-state index contributed by atoms with van der Waals surface area (Å²) in [4.78, 5) is 0. The van der Waals surface area contributed by atoms with Gasteiger partial charge in [-0.1, -0.05) is 24.3 Å². The molecule has 0 radical (unpaired) electrons. The van der Waals surface area contributed by atoms with Gasteiger partial charge < -0.3 is 4.55 Å². The fourth-order valence-electron chi connectivity index (χ4n) is 1.84. The summed E-state index contributed by atoms with van der Waals surface area (Å²) >= 11 is -1.66. The third-order valence-corrected chi connectivity index (χ3v) is 3.56. The van der Waals surface area contributed by atoms with Crippen LogP contribution in [0, 0.1) is 0 Å². The average Bonchev–Trinajstić information content (AvgIpc) is 2.17. The molecule has 2 nitrogen and oxygen atoms in total. The van der Waals surface area contributed by atoms with E-state index in [4.69, 9.17) is 4.55 Å². The van der Waals surface area contributed by atoms with E-state index in [2.05, 4.69) is 6.07 Å². The van der Waals surface area contributed by atoms with Crippen molar-refractivity contribution in [3.05, 3.63) is 35.4 Å². The van der Waals surface area contributed by atoms with Gasteiger partial charge in [0.15, 0.2) is 11.1 Å². The lowest BCUT2D eigenvalue weighted by Gasteiger charge is -2.21. The lowest BCUT2D eigenvalue weighted by molar-refractivity contribution is 0.532. The zero-order chi connectivity index (χ0) is 9.26. The molecule has 0 saturated carbocycles. The van der Waals surface area contributed by atoms with Gasteiger partial charge in [-0.3, -0.25) is 0 Å². The molecule has 1 aromatic carbocycles. The Hall–Kier alpha value is -0.670. The van der Waals surface area contributed by atoms with E-state index in [0.717, 1.165) is 19.3 Å². The van der Waals surface area contributed by atoms with Crippen LogP contribution in [0.1, 0.15) is 17.5 Å². The standard InChI is InChI=1S/C10H12O2S/c11-13(12)10-6-5-8-3-1-2-4-9(8)7-10/h1-4,10H,5-7H2,(H,11,12). The number of hydrogen-bond donors (Lipinski definition) is 1. The molecule has 2 rings (SSSR count). The molecule has 2 unspecified atom stereocenters. The van der Waals surface area contributed by atoms with Crippen LogP contribution in [-0.2, 0) is 23.9 Å². The normalized spacial score (nSPS) is 23.6. The van der Waals surface area contributed by atoms with Crippen molar-refractivity contribution in [3.8, 4) is 0 Å². The summed E-state index contributed by atoms with van der Waals surface area (Å²) in [6.07, 6.45) is 2.52. The van der Waals surface area contributed by atoms with E-state index in [9.17, 15) is 4.21 Å². The van der Waals surface area contributed by atoms with E-state index in [1.807, 2.05) is 18.2 Å². The van der Waals surface area contributed by atoms with Gasteiger partial charge in [0.2, 0.25) is 0 Å². The van der Waals surface area contributed by atoms with Crippen LogP contribution in [0.3, 0.4) is 0 Å². The van der Waals surface area contributed by atoms with Crippen molar-refractivity contribution in [2.24, 2.45) is 0 Å². The average molecular weight is 196 g/mol. The molecule has 0 aromatic heterocycles. The highest BCUT2D eigenvalue weighted by molar-refractivity contribution is 7.79. The summed E-state index contributed by atoms with van der Waals surface area (Å²) < 4.78 is 19.9. The summed E-state index contributed by atoms with van der Waals surface area (Å²) in [7, 11) is 0. The van der Waals surface area contributed by atoms with Crippen LogP contribution in [0.2, 0.25) is 0 Å². The van der Waals surface area contributed by atoms with E-state index in [1.165, 1.54) is 11.1 Å². The summed E-state index contributed by atoms with van der Waals surface area (Å²) in [5.74, 6) is 0. The van der Waals surface area contributed by atoms with Crippen molar-refractivity contribution in [3.63, 3.8) is 0 Å². The molecule has 1 aliphatic carbocycles. The van der Waals surface area contributed by atoms with E-state index < -0.39 is 11.1 Å². The SMILES string of the molecule is O=S(O)C1CCc2ccccc2C1. The van der Waals surface area contributed by atoms with E-state index in [0.29, 0.717) is 0 Å². The minimum atomic E-state index is -1.66. The number of fused-ring (bicyclic) bond motifs is 1. The van der Waals surface area contributed by atoms with Gasteiger partial charge in [-0.2, -0.15) is 0 Å². The van der Waals surface area contributed by atoms with Gasteiger partial charge in [0.1, 0.15) is 0 Å². The van der Waals surface area contributed by atoms with Gasteiger partial charge in [0.05, 0.1) is 5.25 Å². The summed E-state index contributed by atoms with van der Waals surface area (Å²) in [5.41, 5.74) is 2.57. The molecule has 70 valence electrons. The number of hydrogen-bond acceptors (Lipinski definition) is 1. The molecule has 1 aliphatic rings. The first-order valence-corrected chi connectivity index (χ1v) is 5.61. The first-order chi connectivity index (χ1) is 6.27. The van der Waals surface area contributed by atoms with Crippen molar-refractivity contribution >= 4 is 11.1 Å². The highest BCUT2D eigenvalue weighted by Gasteiger charge is 2.21. The van der Waals surface area contributed by atoms with E-state index in [1.54, 1.807) is 0 Å². The van der Waals surface area contributed by atoms with Crippen LogP contribution in [0.4, 0.5) is 0 Å². The topological polar surface area (TPSA) is 37.3 Å². The smallest absolute Gasteiger partial charge is 0.156 e. The Labute approximate surface area is 80.3 Å². The molecule has 1 aromatic rings. The first kappa shape index (κ1) is 8.91. The van der Waals surface area contributed by atoms with Crippen LogP contribution in [-0.4, -0.2) is 14.0 Å². The van der Waals surface area contributed by atoms with Crippen molar-refractivity contribution in [1.82, 2.24) is 0 Å². The minimum Gasteiger partial charge on any atom is -0.306 e. The predicted molar refractivity (Wildman–Crippen MR) is 53.0 cm³/mol. The molecule has 0 fully saturated rings. The molecule has 0 aliphatic heterocycles. The molecule has 3 heteroatoms. The maximum atomic E-state index is 10.9. The molecular formula is C10H12O2S. The second-order valence-corrected chi connectivity index (χ2v) is 4.63. The minimum absolute atomic E-state index is 0.0603. The lowest BCUT2D eigenvalue weighted by atomic mass is 9.92. The highest BCUT2D eigenvalue weighted by Crippen LogP contribution is 2.23. The quantitative estimate of drug-likeness (QED) is 0.695. The van der Waals surface area contributed by atoms with Gasteiger partial charge in [0.25, 0.3) is 0 Å². The van der Waals surface area contributed by atoms with Crippen LogP contribution in [0.5, 0.6) is 0 Å². The number of aryl methyl sites for hydroxylation is 1. The Morgan fingerprint density at radius 1 is 1.31 bits per heavy atom. The van der Waals surface area contributed by atoms with Gasteiger partial charge >= 0.3 is 0 Å². The van der Waals surface area contributed by atoms with Crippen LogP contribution >= 0.6 is 0 Å². The molecular weight excluding hydrogens is 184 g/mol. The zero-order valence-electron chi connectivity index (χ0n) is 7.27. The summed E-state index contributed by atoms with van der Waals surface area (Å²) in [6.45, 7) is 0. The molecule has 1 N–H and O–H groups in total.